The summed E-state index contributed by atoms with van der Waals surface area (Å²) < 4.78 is 6.73. The number of pyridine rings is 1. The summed E-state index contributed by atoms with van der Waals surface area (Å²) in [7, 11) is 0. The lowest BCUT2D eigenvalue weighted by Crippen LogP contribution is -2.10. The van der Waals surface area contributed by atoms with Crippen molar-refractivity contribution >= 4 is 23.0 Å². The maximum atomic E-state index is 12.9. The van der Waals surface area contributed by atoms with Gasteiger partial charge in [0, 0.05) is 11.8 Å². The molecular formula is C19H18N2O3. The molecule has 0 fully saturated rings. The predicted octanol–water partition coefficient (Wildman–Crippen LogP) is 3.24. The molecule has 2 N–H and O–H groups in total. The molecule has 2 heterocycles. The topological polar surface area (TPSA) is 73.8 Å². The van der Waals surface area contributed by atoms with Gasteiger partial charge in [-0.2, -0.15) is 0 Å². The summed E-state index contributed by atoms with van der Waals surface area (Å²) in [5.41, 5.74) is 8.96. The van der Waals surface area contributed by atoms with Gasteiger partial charge in [-0.1, -0.05) is 35.9 Å². The van der Waals surface area contributed by atoms with Crippen molar-refractivity contribution in [2.75, 3.05) is 12.3 Å². The fourth-order valence-electron chi connectivity index (χ4n) is 2.72. The number of carbonyl (C=O) groups is 2. The molecule has 0 spiro atoms. The van der Waals surface area contributed by atoms with Gasteiger partial charge < -0.3 is 14.9 Å². The summed E-state index contributed by atoms with van der Waals surface area (Å²) in [5.74, 6) is -0.758. The van der Waals surface area contributed by atoms with Crippen LogP contribution in [0, 0.1) is 6.92 Å². The van der Waals surface area contributed by atoms with Crippen molar-refractivity contribution in [1.82, 2.24) is 4.40 Å². The number of nitrogens with zero attached hydrogens (tertiary/aromatic N) is 1. The second kappa shape index (κ2) is 6.20. The van der Waals surface area contributed by atoms with Crippen LogP contribution in [0.25, 0.3) is 5.52 Å². The lowest BCUT2D eigenvalue weighted by Gasteiger charge is -2.04. The number of hydrogen-bond donors (Lipinski definition) is 1. The number of esters is 1. The van der Waals surface area contributed by atoms with Crippen LogP contribution >= 0.6 is 0 Å². The highest BCUT2D eigenvalue weighted by molar-refractivity contribution is 6.16. The van der Waals surface area contributed by atoms with E-state index >= 15 is 0 Å². The molecule has 122 valence electrons. The maximum absolute atomic E-state index is 12.9. The van der Waals surface area contributed by atoms with E-state index in [0.29, 0.717) is 11.1 Å². The minimum Gasteiger partial charge on any atom is -0.462 e. The number of anilines is 1. The molecule has 0 saturated heterocycles. The van der Waals surface area contributed by atoms with Gasteiger partial charge >= 0.3 is 5.97 Å². The number of benzene rings is 1. The molecule has 0 saturated carbocycles. The minimum atomic E-state index is -0.526. The summed E-state index contributed by atoms with van der Waals surface area (Å²) in [4.78, 5) is 25.2. The zero-order chi connectivity index (χ0) is 17.3. The highest BCUT2D eigenvalue weighted by Crippen LogP contribution is 2.29. The van der Waals surface area contributed by atoms with Gasteiger partial charge in [0.15, 0.2) is 0 Å². The molecule has 0 unspecified atom stereocenters. The number of aromatic nitrogens is 1. The van der Waals surface area contributed by atoms with Crippen LogP contribution in [-0.2, 0) is 4.74 Å². The standard InChI is InChI=1S/C19H18N2O3/c1-3-24-19(23)15-14-6-4-5-11-21(14)17(16(15)20)18(22)13-9-7-12(2)8-10-13/h4-11H,3,20H2,1-2H3. The molecule has 0 radical (unpaired) electrons. The number of ether oxygens (including phenoxy) is 1. The fourth-order valence-corrected chi connectivity index (χ4v) is 2.72. The number of nitrogen functional groups attached to an aromatic ring is 1. The first-order valence-corrected chi connectivity index (χ1v) is 7.71. The molecule has 3 rings (SSSR count). The van der Waals surface area contributed by atoms with Gasteiger partial charge in [0.25, 0.3) is 0 Å². The number of rotatable bonds is 4. The number of ketones is 1. The molecule has 5 nitrogen and oxygen atoms in total. The molecule has 1 aromatic carbocycles. The first-order valence-electron chi connectivity index (χ1n) is 7.71. The van der Waals surface area contributed by atoms with E-state index in [2.05, 4.69) is 0 Å². The third-order valence-corrected chi connectivity index (χ3v) is 3.89. The van der Waals surface area contributed by atoms with Gasteiger partial charge in [0.05, 0.1) is 17.8 Å². The van der Waals surface area contributed by atoms with Gasteiger partial charge in [-0.25, -0.2) is 4.79 Å². The van der Waals surface area contributed by atoms with Gasteiger partial charge in [-0.15, -0.1) is 0 Å². The Kier molecular flexibility index (Phi) is 4.08. The lowest BCUT2D eigenvalue weighted by molar-refractivity contribution is 0.0530. The Balaban J connectivity index is 2.21. The third-order valence-electron chi connectivity index (χ3n) is 3.89. The van der Waals surface area contributed by atoms with Crippen LogP contribution in [0.5, 0.6) is 0 Å². The van der Waals surface area contributed by atoms with E-state index in [1.54, 1.807) is 47.9 Å². The third kappa shape index (κ3) is 2.54. The van der Waals surface area contributed by atoms with Crippen LogP contribution < -0.4 is 5.73 Å². The molecule has 0 aliphatic carbocycles. The Hall–Kier alpha value is -3.08. The molecular weight excluding hydrogens is 304 g/mol. The van der Waals surface area contributed by atoms with E-state index in [-0.39, 0.29) is 29.3 Å². The Morgan fingerprint density at radius 3 is 2.50 bits per heavy atom. The minimum absolute atomic E-state index is 0.144. The van der Waals surface area contributed by atoms with Crippen LogP contribution in [0.4, 0.5) is 5.69 Å². The fraction of sp³-hybridized carbons (Fsp3) is 0.158. The Morgan fingerprint density at radius 1 is 1.12 bits per heavy atom. The molecule has 2 aromatic heterocycles. The van der Waals surface area contributed by atoms with Crippen molar-refractivity contribution in [3.63, 3.8) is 0 Å². The normalized spacial score (nSPS) is 10.8. The van der Waals surface area contributed by atoms with Crippen molar-refractivity contribution in [2.45, 2.75) is 13.8 Å². The molecule has 0 bridgehead atoms. The molecule has 0 atom stereocenters. The zero-order valence-electron chi connectivity index (χ0n) is 13.6. The number of aryl methyl sites for hydroxylation is 1. The molecule has 3 aromatic rings. The number of hydrogen-bond acceptors (Lipinski definition) is 4. The molecule has 5 heteroatoms. The first-order chi connectivity index (χ1) is 11.5. The van der Waals surface area contributed by atoms with Crippen LogP contribution in [-0.4, -0.2) is 22.8 Å². The smallest absolute Gasteiger partial charge is 0.342 e. The number of fused-ring (bicyclic) bond motifs is 1. The first kappa shape index (κ1) is 15.8. The predicted molar refractivity (Wildman–Crippen MR) is 92.4 cm³/mol. The monoisotopic (exact) mass is 322 g/mol. The van der Waals surface area contributed by atoms with Crippen molar-refractivity contribution in [3.05, 3.63) is 71.0 Å². The average Bonchev–Trinajstić information content (AvgIpc) is 2.87. The van der Waals surface area contributed by atoms with E-state index in [1.165, 1.54) is 0 Å². The van der Waals surface area contributed by atoms with Crippen LogP contribution in [0.15, 0.2) is 48.7 Å². The summed E-state index contributed by atoms with van der Waals surface area (Å²) in [6.07, 6.45) is 1.72. The van der Waals surface area contributed by atoms with Crippen LogP contribution in [0.2, 0.25) is 0 Å². The Labute approximate surface area is 139 Å². The Morgan fingerprint density at radius 2 is 1.83 bits per heavy atom. The van der Waals surface area contributed by atoms with Crippen molar-refractivity contribution in [1.29, 1.82) is 0 Å². The van der Waals surface area contributed by atoms with Crippen molar-refractivity contribution < 1.29 is 14.3 Å². The van der Waals surface area contributed by atoms with E-state index < -0.39 is 5.97 Å². The molecule has 0 amide bonds. The highest BCUT2D eigenvalue weighted by atomic mass is 16.5. The summed E-state index contributed by atoms with van der Waals surface area (Å²) in [5, 5.41) is 0. The largest absolute Gasteiger partial charge is 0.462 e. The van der Waals surface area contributed by atoms with Crippen LogP contribution in [0.1, 0.15) is 38.9 Å². The Bertz CT molecular complexity index is 924. The lowest BCUT2D eigenvalue weighted by atomic mass is 10.1. The molecule has 0 aliphatic rings. The number of carbonyl (C=O) groups excluding carboxylic acids is 2. The zero-order valence-corrected chi connectivity index (χ0v) is 13.6. The second-order valence-electron chi connectivity index (χ2n) is 5.51. The summed E-state index contributed by atoms with van der Waals surface area (Å²) in [6, 6.07) is 12.6. The molecule has 24 heavy (non-hydrogen) atoms. The van der Waals surface area contributed by atoms with Crippen molar-refractivity contribution in [2.24, 2.45) is 0 Å². The van der Waals surface area contributed by atoms with Crippen LogP contribution in [0.3, 0.4) is 0 Å². The van der Waals surface area contributed by atoms with E-state index in [9.17, 15) is 9.59 Å². The second-order valence-corrected chi connectivity index (χ2v) is 5.51. The quantitative estimate of drug-likeness (QED) is 0.591. The van der Waals surface area contributed by atoms with Gasteiger partial charge in [-0.3, -0.25) is 4.79 Å². The van der Waals surface area contributed by atoms with Gasteiger partial charge in [-0.05, 0) is 26.0 Å². The van der Waals surface area contributed by atoms with Crippen molar-refractivity contribution in [3.8, 4) is 0 Å². The SMILES string of the molecule is CCOC(=O)c1c(N)c(C(=O)c2ccc(C)cc2)n2ccccc12. The highest BCUT2D eigenvalue weighted by Gasteiger charge is 2.26. The van der Waals surface area contributed by atoms with E-state index in [0.717, 1.165) is 5.56 Å². The van der Waals surface area contributed by atoms with Gasteiger partial charge in [0.2, 0.25) is 5.78 Å². The summed E-state index contributed by atoms with van der Waals surface area (Å²) >= 11 is 0. The number of nitrogens with two attached hydrogens (primary N) is 1. The van der Waals surface area contributed by atoms with Gasteiger partial charge in [0.1, 0.15) is 11.3 Å². The van der Waals surface area contributed by atoms with E-state index in [1.807, 2.05) is 19.1 Å². The maximum Gasteiger partial charge on any atom is 0.342 e. The van der Waals surface area contributed by atoms with E-state index in [4.69, 9.17) is 10.5 Å². The molecule has 0 aliphatic heterocycles. The average molecular weight is 322 g/mol. The summed E-state index contributed by atoms with van der Waals surface area (Å²) in [6.45, 7) is 3.92.